The number of carboxylic acids is 1. The Hall–Kier alpha value is -2.86. The molecular weight excluding hydrogens is 530 g/mol. The zero-order valence-electron chi connectivity index (χ0n) is 18.5. The normalized spacial score (nSPS) is 21.3. The Morgan fingerprint density at radius 1 is 1.14 bits per heavy atom. The van der Waals surface area contributed by atoms with Crippen molar-refractivity contribution in [3.05, 3.63) is 58.9 Å². The monoisotopic (exact) mass is 549 g/mol. The van der Waals surface area contributed by atoms with Gasteiger partial charge in [0.1, 0.15) is 17.6 Å². The van der Waals surface area contributed by atoms with E-state index < -0.39 is 79.9 Å². The minimum atomic E-state index is -4.60. The van der Waals surface area contributed by atoms with Crippen LogP contribution in [0.3, 0.4) is 0 Å². The molecule has 0 radical (unpaired) electrons. The number of nitrogens with zero attached hydrogens (tertiary/aromatic N) is 1. The Morgan fingerprint density at radius 2 is 1.78 bits per heavy atom. The SMILES string of the molecule is O=C(O)C1CC(S(=O)(=O)c2ccc(OCC(F)(F)F)cc2Cl)CN1C(=O)C1(c2ccc(F)cc2)CC1. The molecule has 36 heavy (non-hydrogen) atoms. The van der Waals surface area contributed by atoms with Crippen molar-refractivity contribution in [3.8, 4) is 5.75 Å². The fraction of sp³-hybridized carbons (Fsp3) is 0.391. The lowest BCUT2D eigenvalue weighted by atomic mass is 9.94. The fourth-order valence-corrected chi connectivity index (χ4v) is 6.66. The van der Waals surface area contributed by atoms with Gasteiger partial charge in [0.2, 0.25) is 5.91 Å². The number of carbonyl (C=O) groups excluding carboxylic acids is 1. The van der Waals surface area contributed by atoms with Crippen molar-refractivity contribution in [2.75, 3.05) is 13.2 Å². The zero-order chi connectivity index (χ0) is 26.5. The van der Waals surface area contributed by atoms with Gasteiger partial charge >= 0.3 is 12.1 Å². The van der Waals surface area contributed by atoms with Crippen LogP contribution in [0.4, 0.5) is 17.6 Å². The molecule has 194 valence electrons. The maximum absolute atomic E-state index is 13.4. The Balaban J connectivity index is 1.58. The number of carboxylic acid groups (broad SMARTS) is 1. The molecule has 0 bridgehead atoms. The molecule has 2 atom stereocenters. The molecule has 1 N–H and O–H groups in total. The maximum Gasteiger partial charge on any atom is 0.422 e. The van der Waals surface area contributed by atoms with Gasteiger partial charge in [0, 0.05) is 12.6 Å². The molecule has 2 fully saturated rings. The molecule has 0 aromatic heterocycles. The largest absolute Gasteiger partial charge is 0.484 e. The highest BCUT2D eigenvalue weighted by atomic mass is 35.5. The summed E-state index contributed by atoms with van der Waals surface area (Å²) in [6.45, 7) is -2.01. The Kier molecular flexibility index (Phi) is 6.71. The Bertz CT molecular complexity index is 1290. The molecule has 2 aromatic rings. The van der Waals surface area contributed by atoms with Crippen molar-refractivity contribution >= 4 is 33.3 Å². The first-order valence-corrected chi connectivity index (χ1v) is 12.7. The number of likely N-dealkylation sites (tertiary alicyclic amines) is 1. The first-order chi connectivity index (χ1) is 16.7. The standard InChI is InChI=1S/C23H20ClF4NO6S/c24-17-9-15(35-12-23(26,27)28)5-6-19(17)36(33,34)16-10-18(20(30)31)29(11-16)21(32)22(7-8-22)13-1-3-14(25)4-2-13/h1-6,9,16,18H,7-8,10-12H2,(H,30,31). The van der Waals surface area contributed by atoms with Gasteiger partial charge in [-0.3, -0.25) is 4.79 Å². The summed E-state index contributed by atoms with van der Waals surface area (Å²) in [5.74, 6) is -2.72. The van der Waals surface area contributed by atoms with Crippen LogP contribution in [0.25, 0.3) is 0 Å². The van der Waals surface area contributed by atoms with Crippen LogP contribution in [0.5, 0.6) is 5.75 Å². The highest BCUT2D eigenvalue weighted by Gasteiger charge is 2.57. The molecule has 1 saturated heterocycles. The summed E-state index contributed by atoms with van der Waals surface area (Å²) in [5, 5.41) is 8.02. The molecule has 1 aliphatic carbocycles. The lowest BCUT2D eigenvalue weighted by Crippen LogP contribution is -2.46. The Labute approximate surface area is 208 Å². The number of sulfone groups is 1. The zero-order valence-corrected chi connectivity index (χ0v) is 20.0. The second-order valence-corrected chi connectivity index (χ2v) is 11.4. The van der Waals surface area contributed by atoms with Crippen LogP contribution in [0, 0.1) is 5.82 Å². The molecule has 1 aliphatic heterocycles. The van der Waals surface area contributed by atoms with Crippen molar-refractivity contribution in [3.63, 3.8) is 0 Å². The third-order valence-electron chi connectivity index (χ3n) is 6.42. The smallest absolute Gasteiger partial charge is 0.422 e. The maximum atomic E-state index is 13.4. The second kappa shape index (κ2) is 9.22. The van der Waals surface area contributed by atoms with E-state index >= 15 is 0 Å². The molecule has 4 rings (SSSR count). The highest BCUT2D eigenvalue weighted by Crippen LogP contribution is 2.51. The number of aliphatic carboxylic acids is 1. The van der Waals surface area contributed by atoms with Crippen LogP contribution < -0.4 is 4.74 Å². The molecular formula is C23H20ClF4NO6S. The van der Waals surface area contributed by atoms with Gasteiger partial charge < -0.3 is 14.7 Å². The third-order valence-corrected chi connectivity index (χ3v) is 9.03. The molecule has 7 nitrogen and oxygen atoms in total. The van der Waals surface area contributed by atoms with Gasteiger partial charge in [-0.2, -0.15) is 13.2 Å². The molecule has 0 spiro atoms. The van der Waals surface area contributed by atoms with Crippen molar-refractivity contribution in [1.29, 1.82) is 0 Å². The molecule has 1 saturated carbocycles. The van der Waals surface area contributed by atoms with Gasteiger partial charge in [0.25, 0.3) is 0 Å². The van der Waals surface area contributed by atoms with E-state index in [9.17, 15) is 40.7 Å². The predicted octanol–water partition coefficient (Wildman–Crippen LogP) is 3.98. The summed E-state index contributed by atoms with van der Waals surface area (Å²) >= 11 is 6.05. The number of carbonyl (C=O) groups is 2. The van der Waals surface area contributed by atoms with E-state index in [4.69, 9.17) is 11.6 Å². The first kappa shape index (κ1) is 26.2. The fourth-order valence-electron chi connectivity index (χ4n) is 4.42. The number of hydrogen-bond acceptors (Lipinski definition) is 5. The van der Waals surface area contributed by atoms with Crippen LogP contribution >= 0.6 is 11.6 Å². The van der Waals surface area contributed by atoms with Crippen molar-refractivity contribution in [2.45, 2.75) is 47.0 Å². The first-order valence-electron chi connectivity index (χ1n) is 10.8. The van der Waals surface area contributed by atoms with Crippen LogP contribution in [0.1, 0.15) is 24.8 Å². The van der Waals surface area contributed by atoms with Crippen molar-refractivity contribution in [1.82, 2.24) is 4.90 Å². The van der Waals surface area contributed by atoms with Gasteiger partial charge in [0.05, 0.1) is 20.6 Å². The molecule has 1 amide bonds. The minimum absolute atomic E-state index is 0.294. The average Bonchev–Trinajstić information content (AvgIpc) is 3.47. The van der Waals surface area contributed by atoms with Crippen LogP contribution in [0.15, 0.2) is 47.4 Å². The average molecular weight is 550 g/mol. The molecule has 2 aromatic carbocycles. The van der Waals surface area contributed by atoms with E-state index in [2.05, 4.69) is 4.74 Å². The molecule has 1 heterocycles. The summed E-state index contributed by atoms with van der Waals surface area (Å²) in [5.41, 5.74) is -0.531. The number of hydrogen-bond donors (Lipinski definition) is 1. The van der Waals surface area contributed by atoms with Crippen LogP contribution in [-0.2, 0) is 24.8 Å². The van der Waals surface area contributed by atoms with Crippen molar-refractivity contribution < 1.29 is 45.4 Å². The summed E-state index contributed by atoms with van der Waals surface area (Å²) in [4.78, 5) is 26.0. The summed E-state index contributed by atoms with van der Waals surface area (Å²) in [6, 6.07) is 6.81. The lowest BCUT2D eigenvalue weighted by Gasteiger charge is -2.27. The van der Waals surface area contributed by atoms with E-state index in [1.165, 1.54) is 24.3 Å². The minimum Gasteiger partial charge on any atom is -0.484 e. The third kappa shape index (κ3) is 5.01. The summed E-state index contributed by atoms with van der Waals surface area (Å²) in [6.07, 6.45) is -4.19. The number of benzene rings is 2. The summed E-state index contributed by atoms with van der Waals surface area (Å²) < 4.78 is 81.7. The number of rotatable bonds is 7. The van der Waals surface area contributed by atoms with Gasteiger partial charge in [-0.1, -0.05) is 23.7 Å². The Morgan fingerprint density at radius 3 is 2.31 bits per heavy atom. The van der Waals surface area contributed by atoms with E-state index in [1.807, 2.05) is 0 Å². The predicted molar refractivity (Wildman–Crippen MR) is 119 cm³/mol. The highest BCUT2D eigenvalue weighted by molar-refractivity contribution is 7.92. The van der Waals surface area contributed by atoms with Crippen LogP contribution in [-0.4, -0.2) is 60.9 Å². The topological polar surface area (TPSA) is 101 Å². The number of ether oxygens (including phenoxy) is 1. The van der Waals surface area contributed by atoms with E-state index in [-0.39, 0.29) is 5.75 Å². The van der Waals surface area contributed by atoms with Crippen LogP contribution in [0.2, 0.25) is 5.02 Å². The second-order valence-electron chi connectivity index (χ2n) is 8.80. The van der Waals surface area contributed by atoms with E-state index in [0.717, 1.165) is 23.1 Å². The van der Waals surface area contributed by atoms with Gasteiger partial charge in [0.15, 0.2) is 16.4 Å². The number of amides is 1. The molecule has 2 unspecified atom stereocenters. The lowest BCUT2D eigenvalue weighted by molar-refractivity contribution is -0.153. The summed E-state index contributed by atoms with van der Waals surface area (Å²) in [7, 11) is -4.27. The van der Waals surface area contributed by atoms with Crippen molar-refractivity contribution in [2.24, 2.45) is 0 Å². The van der Waals surface area contributed by atoms with E-state index in [1.54, 1.807) is 0 Å². The van der Waals surface area contributed by atoms with Gasteiger partial charge in [-0.25, -0.2) is 17.6 Å². The quantitative estimate of drug-likeness (QED) is 0.524. The van der Waals surface area contributed by atoms with Gasteiger partial charge in [-0.15, -0.1) is 0 Å². The number of alkyl halides is 3. The number of halogens is 5. The molecule has 13 heteroatoms. The van der Waals surface area contributed by atoms with Gasteiger partial charge in [-0.05, 0) is 49.1 Å². The molecule has 2 aliphatic rings. The van der Waals surface area contributed by atoms with E-state index in [0.29, 0.717) is 18.4 Å².